The third-order valence-corrected chi connectivity index (χ3v) is 5.98. The van der Waals surface area contributed by atoms with E-state index in [9.17, 15) is 17.6 Å². The number of hydrogen-bond donors (Lipinski definition) is 2. The molecule has 0 radical (unpaired) electrons. The zero-order valence-electron chi connectivity index (χ0n) is 13.8. The van der Waals surface area contributed by atoms with Crippen LogP contribution in [0.3, 0.4) is 0 Å². The number of carboxylic acids is 1. The molecule has 0 saturated carbocycles. The highest BCUT2D eigenvalue weighted by molar-refractivity contribution is 7.88. The molecule has 0 aliphatic carbocycles. The summed E-state index contributed by atoms with van der Waals surface area (Å²) in [5.41, 5.74) is 1.20. The molecule has 0 unspecified atom stereocenters. The summed E-state index contributed by atoms with van der Waals surface area (Å²) in [7, 11) is -3.33. The number of aromatic amines is 1. The number of aromatic nitrogens is 2. The van der Waals surface area contributed by atoms with Gasteiger partial charge in [-0.1, -0.05) is 0 Å². The second kappa shape index (κ2) is 6.72. The van der Waals surface area contributed by atoms with Gasteiger partial charge in [-0.15, -0.1) is 0 Å². The first-order valence-corrected chi connectivity index (χ1v) is 9.88. The summed E-state index contributed by atoms with van der Waals surface area (Å²) in [5.74, 6) is -0.941. The fourth-order valence-electron chi connectivity index (χ4n) is 3.45. The lowest BCUT2D eigenvalue weighted by Gasteiger charge is -2.36. The van der Waals surface area contributed by atoms with Gasteiger partial charge in [0, 0.05) is 25.9 Å². The predicted octanol–water partition coefficient (Wildman–Crippen LogP) is 1.62. The van der Waals surface area contributed by atoms with Gasteiger partial charge in [-0.2, -0.15) is 0 Å². The second-order valence-electron chi connectivity index (χ2n) is 6.58. The van der Waals surface area contributed by atoms with E-state index < -0.39 is 16.0 Å². The van der Waals surface area contributed by atoms with Crippen LogP contribution in [0.15, 0.2) is 18.2 Å². The number of H-pyrrole nitrogens is 1. The number of sulfonamides is 1. The van der Waals surface area contributed by atoms with Crippen molar-refractivity contribution in [2.75, 3.05) is 19.3 Å². The zero-order chi connectivity index (χ0) is 18.2. The van der Waals surface area contributed by atoms with E-state index in [0.717, 1.165) is 6.26 Å². The Kier molecular flexibility index (Phi) is 4.79. The summed E-state index contributed by atoms with van der Waals surface area (Å²) in [6.45, 7) is 0.598. The summed E-state index contributed by atoms with van der Waals surface area (Å²) in [6, 6.07) is 4.25. The first-order chi connectivity index (χ1) is 11.7. The van der Waals surface area contributed by atoms with Gasteiger partial charge in [-0.3, -0.25) is 4.79 Å². The van der Waals surface area contributed by atoms with Gasteiger partial charge in [0.15, 0.2) is 0 Å². The van der Waals surface area contributed by atoms with Crippen molar-refractivity contribution >= 4 is 27.0 Å². The quantitative estimate of drug-likeness (QED) is 0.833. The Morgan fingerprint density at radius 3 is 2.88 bits per heavy atom. The van der Waals surface area contributed by atoms with Crippen LogP contribution >= 0.6 is 0 Å². The maximum absolute atomic E-state index is 13.3. The van der Waals surface area contributed by atoms with Crippen LogP contribution < -0.4 is 0 Å². The van der Waals surface area contributed by atoms with E-state index in [2.05, 4.69) is 9.97 Å². The number of rotatable bonds is 5. The van der Waals surface area contributed by atoms with Crippen molar-refractivity contribution in [1.82, 2.24) is 14.3 Å². The lowest BCUT2D eigenvalue weighted by atomic mass is 9.82. The lowest BCUT2D eigenvalue weighted by Crippen LogP contribution is -2.44. The molecule has 1 aromatic heterocycles. The Bertz CT molecular complexity index is 896. The fraction of sp³-hybridized carbons (Fsp3) is 0.500. The minimum atomic E-state index is -3.33. The number of nitrogens with zero attached hydrogens (tertiary/aromatic N) is 2. The SMILES string of the molecule is CS(=O)(=O)N1CC[C@@H](CC(=O)O)[C@@H](Cc2nc3ccc(F)cc3[nH]2)C1. The van der Waals surface area contributed by atoms with Crippen molar-refractivity contribution in [1.29, 1.82) is 0 Å². The minimum Gasteiger partial charge on any atom is -0.481 e. The molecule has 7 nitrogen and oxygen atoms in total. The molecular weight excluding hydrogens is 349 g/mol. The molecular formula is C16H20FN3O4S. The number of hydrogen-bond acceptors (Lipinski definition) is 4. The second-order valence-corrected chi connectivity index (χ2v) is 8.56. The molecule has 1 aliphatic heterocycles. The molecule has 0 spiro atoms. The van der Waals surface area contributed by atoms with E-state index >= 15 is 0 Å². The third kappa shape index (κ3) is 4.16. The fourth-order valence-corrected chi connectivity index (χ4v) is 4.35. The van der Waals surface area contributed by atoms with E-state index in [0.29, 0.717) is 36.2 Å². The summed E-state index contributed by atoms with van der Waals surface area (Å²) < 4.78 is 38.4. The molecule has 25 heavy (non-hydrogen) atoms. The third-order valence-electron chi connectivity index (χ3n) is 4.71. The molecule has 1 aliphatic rings. The molecule has 2 atom stereocenters. The van der Waals surface area contributed by atoms with Gasteiger partial charge in [0.25, 0.3) is 0 Å². The average molecular weight is 369 g/mol. The molecule has 1 saturated heterocycles. The van der Waals surface area contributed by atoms with Crippen molar-refractivity contribution in [2.45, 2.75) is 19.3 Å². The molecule has 0 amide bonds. The highest BCUT2D eigenvalue weighted by Crippen LogP contribution is 2.30. The average Bonchev–Trinajstić information content (AvgIpc) is 2.88. The van der Waals surface area contributed by atoms with Gasteiger partial charge in [-0.25, -0.2) is 22.1 Å². The first-order valence-electron chi connectivity index (χ1n) is 8.03. The van der Waals surface area contributed by atoms with Gasteiger partial charge in [0.05, 0.1) is 17.3 Å². The highest BCUT2D eigenvalue weighted by Gasteiger charge is 2.34. The number of halogens is 1. The van der Waals surface area contributed by atoms with Crippen LogP contribution in [-0.2, 0) is 21.2 Å². The molecule has 1 fully saturated rings. The number of nitrogens with one attached hydrogen (secondary N) is 1. The van der Waals surface area contributed by atoms with E-state index in [1.807, 2.05) is 0 Å². The van der Waals surface area contributed by atoms with Crippen molar-refractivity contribution in [3.63, 3.8) is 0 Å². The summed E-state index contributed by atoms with van der Waals surface area (Å²) in [6.07, 6.45) is 2.07. The first kappa shape index (κ1) is 17.8. The van der Waals surface area contributed by atoms with Crippen molar-refractivity contribution in [3.8, 4) is 0 Å². The van der Waals surface area contributed by atoms with E-state index in [4.69, 9.17) is 5.11 Å². The Morgan fingerprint density at radius 2 is 2.20 bits per heavy atom. The number of aliphatic carboxylic acids is 1. The normalized spacial score (nSPS) is 22.3. The number of carboxylic acid groups (broad SMARTS) is 1. The number of carbonyl (C=O) groups is 1. The van der Waals surface area contributed by atoms with Gasteiger partial charge in [0.1, 0.15) is 11.6 Å². The standard InChI is InChI=1S/C16H20FN3O4S/c1-25(23,24)20-5-4-10(7-16(21)22)11(9-20)6-15-18-13-3-2-12(17)8-14(13)19-15/h2-3,8,10-11H,4-7,9H2,1H3,(H,18,19)(H,21,22)/t10-,11-/m0/s1. The maximum Gasteiger partial charge on any atom is 0.303 e. The molecule has 1 aromatic carbocycles. The van der Waals surface area contributed by atoms with Gasteiger partial charge < -0.3 is 10.1 Å². The molecule has 2 N–H and O–H groups in total. The minimum absolute atomic E-state index is 0.00285. The molecule has 9 heteroatoms. The summed E-state index contributed by atoms with van der Waals surface area (Å²) >= 11 is 0. The van der Waals surface area contributed by atoms with Crippen LogP contribution in [0.25, 0.3) is 11.0 Å². The van der Waals surface area contributed by atoms with E-state index in [-0.39, 0.29) is 30.6 Å². The van der Waals surface area contributed by atoms with Crippen LogP contribution in [0.4, 0.5) is 4.39 Å². The Labute approximate surface area is 144 Å². The topological polar surface area (TPSA) is 103 Å². The van der Waals surface area contributed by atoms with Gasteiger partial charge in [0.2, 0.25) is 10.0 Å². The zero-order valence-corrected chi connectivity index (χ0v) is 14.6. The van der Waals surface area contributed by atoms with Crippen LogP contribution in [0, 0.1) is 17.7 Å². The lowest BCUT2D eigenvalue weighted by molar-refractivity contribution is -0.138. The monoisotopic (exact) mass is 369 g/mol. The van der Waals surface area contributed by atoms with Crippen LogP contribution in [0.2, 0.25) is 0 Å². The molecule has 136 valence electrons. The van der Waals surface area contributed by atoms with Gasteiger partial charge >= 0.3 is 5.97 Å². The van der Waals surface area contributed by atoms with Gasteiger partial charge in [-0.05, 0) is 36.5 Å². The van der Waals surface area contributed by atoms with Crippen LogP contribution in [-0.4, -0.2) is 53.1 Å². The number of piperidine rings is 1. The van der Waals surface area contributed by atoms with Crippen molar-refractivity contribution in [2.24, 2.45) is 11.8 Å². The summed E-state index contributed by atoms with van der Waals surface area (Å²) in [4.78, 5) is 18.6. The molecule has 0 bridgehead atoms. The number of benzene rings is 1. The van der Waals surface area contributed by atoms with Crippen LogP contribution in [0.1, 0.15) is 18.7 Å². The Hall–Kier alpha value is -2.00. The van der Waals surface area contributed by atoms with Crippen molar-refractivity contribution in [3.05, 3.63) is 29.8 Å². The van der Waals surface area contributed by atoms with E-state index in [1.165, 1.54) is 16.4 Å². The van der Waals surface area contributed by atoms with E-state index in [1.54, 1.807) is 6.07 Å². The largest absolute Gasteiger partial charge is 0.481 e. The highest BCUT2D eigenvalue weighted by atomic mass is 32.2. The molecule has 2 heterocycles. The van der Waals surface area contributed by atoms with Crippen molar-refractivity contribution < 1.29 is 22.7 Å². The Morgan fingerprint density at radius 1 is 1.44 bits per heavy atom. The number of imidazole rings is 1. The smallest absolute Gasteiger partial charge is 0.303 e. The summed E-state index contributed by atoms with van der Waals surface area (Å²) in [5, 5.41) is 9.12. The molecule has 3 rings (SSSR count). The maximum atomic E-state index is 13.3. The number of fused-ring (bicyclic) bond motifs is 1. The Balaban J connectivity index is 1.84. The predicted molar refractivity (Wildman–Crippen MR) is 90.0 cm³/mol. The van der Waals surface area contributed by atoms with Crippen LogP contribution in [0.5, 0.6) is 0 Å². The molecule has 2 aromatic rings.